The van der Waals surface area contributed by atoms with Crippen molar-refractivity contribution in [1.82, 2.24) is 0 Å². The molecule has 0 aromatic heterocycles. The molecular formula is C24H21ClN2O3. The Morgan fingerprint density at radius 2 is 1.50 bits per heavy atom. The summed E-state index contributed by atoms with van der Waals surface area (Å²) in [7, 11) is 0. The Morgan fingerprint density at radius 1 is 0.800 bits per heavy atom. The second-order valence-electron chi connectivity index (χ2n) is 7.06. The second-order valence-corrected chi connectivity index (χ2v) is 7.50. The summed E-state index contributed by atoms with van der Waals surface area (Å²) in [5, 5.41) is 5.94. The van der Waals surface area contributed by atoms with Gasteiger partial charge in [-0.2, -0.15) is 0 Å². The number of anilines is 2. The molecule has 0 heterocycles. The van der Waals surface area contributed by atoms with Gasteiger partial charge in [0.15, 0.2) is 5.78 Å². The topological polar surface area (TPSA) is 75.3 Å². The van der Waals surface area contributed by atoms with Gasteiger partial charge in [0.2, 0.25) is 5.91 Å². The van der Waals surface area contributed by atoms with E-state index in [-0.39, 0.29) is 17.6 Å². The van der Waals surface area contributed by atoms with Gasteiger partial charge in [0.1, 0.15) is 0 Å². The molecule has 0 spiro atoms. The Balaban J connectivity index is 1.86. The van der Waals surface area contributed by atoms with Crippen LogP contribution in [0.2, 0.25) is 5.02 Å². The van der Waals surface area contributed by atoms with Crippen LogP contribution in [0.5, 0.6) is 0 Å². The third kappa shape index (κ3) is 5.13. The number of ketones is 1. The Bertz CT molecular complexity index is 1090. The highest BCUT2D eigenvalue weighted by atomic mass is 35.5. The molecule has 0 radical (unpaired) electrons. The van der Waals surface area contributed by atoms with Gasteiger partial charge in [0.25, 0.3) is 5.91 Å². The van der Waals surface area contributed by atoms with Gasteiger partial charge in [-0.25, -0.2) is 0 Å². The van der Waals surface area contributed by atoms with E-state index in [2.05, 4.69) is 10.6 Å². The molecule has 3 aromatic rings. The monoisotopic (exact) mass is 420 g/mol. The minimum absolute atomic E-state index is 0.138. The fourth-order valence-corrected chi connectivity index (χ4v) is 2.95. The van der Waals surface area contributed by atoms with Crippen molar-refractivity contribution >= 4 is 40.6 Å². The number of benzene rings is 3. The van der Waals surface area contributed by atoms with Crippen LogP contribution < -0.4 is 10.6 Å². The lowest BCUT2D eigenvalue weighted by atomic mass is 10.0. The minimum Gasteiger partial charge on any atom is -0.326 e. The third-order valence-electron chi connectivity index (χ3n) is 4.43. The highest BCUT2D eigenvalue weighted by molar-refractivity contribution is 6.31. The summed E-state index contributed by atoms with van der Waals surface area (Å²) in [4.78, 5) is 37.6. The van der Waals surface area contributed by atoms with E-state index in [1.165, 1.54) is 6.07 Å². The molecule has 3 aromatic carbocycles. The van der Waals surface area contributed by atoms with Gasteiger partial charge in [0.05, 0.1) is 5.69 Å². The van der Waals surface area contributed by atoms with Gasteiger partial charge in [-0.15, -0.1) is 0 Å². The molecule has 0 bridgehead atoms. The lowest BCUT2D eigenvalue weighted by molar-refractivity contribution is -0.118. The zero-order chi connectivity index (χ0) is 21.7. The lowest BCUT2D eigenvalue weighted by Crippen LogP contribution is -2.19. The molecule has 0 atom stereocenters. The molecule has 6 heteroatoms. The van der Waals surface area contributed by atoms with Crippen molar-refractivity contribution in [2.24, 2.45) is 5.92 Å². The zero-order valence-corrected chi connectivity index (χ0v) is 17.4. The highest BCUT2D eigenvalue weighted by Gasteiger charge is 2.17. The number of hydrogen-bond donors (Lipinski definition) is 2. The first-order valence-corrected chi connectivity index (χ1v) is 9.84. The first kappa shape index (κ1) is 21.3. The van der Waals surface area contributed by atoms with Gasteiger partial charge in [-0.05, 0) is 36.4 Å². The van der Waals surface area contributed by atoms with Gasteiger partial charge in [0, 0.05) is 33.3 Å². The van der Waals surface area contributed by atoms with Crippen molar-refractivity contribution in [3.63, 3.8) is 0 Å². The van der Waals surface area contributed by atoms with Crippen LogP contribution >= 0.6 is 11.6 Å². The van der Waals surface area contributed by atoms with E-state index in [1.807, 2.05) is 6.07 Å². The minimum atomic E-state index is -0.403. The van der Waals surface area contributed by atoms with E-state index in [4.69, 9.17) is 11.6 Å². The molecule has 0 unspecified atom stereocenters. The van der Waals surface area contributed by atoms with E-state index < -0.39 is 5.91 Å². The summed E-state index contributed by atoms with van der Waals surface area (Å²) < 4.78 is 0. The Hall–Kier alpha value is -3.44. The highest BCUT2D eigenvalue weighted by Crippen LogP contribution is 2.24. The van der Waals surface area contributed by atoms with Crippen LogP contribution in [0.1, 0.15) is 40.1 Å². The third-order valence-corrected chi connectivity index (χ3v) is 4.66. The summed E-state index contributed by atoms with van der Waals surface area (Å²) in [5.74, 6) is -0.962. The Kier molecular flexibility index (Phi) is 6.65. The van der Waals surface area contributed by atoms with E-state index >= 15 is 0 Å². The van der Waals surface area contributed by atoms with Crippen LogP contribution in [0.4, 0.5) is 11.4 Å². The average molecular weight is 421 g/mol. The summed E-state index contributed by atoms with van der Waals surface area (Å²) in [6, 6.07) is 20.1. The molecule has 152 valence electrons. The van der Waals surface area contributed by atoms with Crippen molar-refractivity contribution < 1.29 is 14.4 Å². The van der Waals surface area contributed by atoms with Crippen molar-refractivity contribution in [1.29, 1.82) is 0 Å². The molecule has 5 nitrogen and oxygen atoms in total. The predicted octanol–water partition coefficient (Wildman–Crippen LogP) is 5.42. The SMILES string of the molecule is CC(C)C(=O)Nc1cccc(C(=O)Nc2ccc(Cl)cc2C(=O)c2ccccc2)c1. The molecule has 0 aliphatic carbocycles. The van der Waals surface area contributed by atoms with Crippen LogP contribution in [-0.4, -0.2) is 17.6 Å². The first-order chi connectivity index (χ1) is 14.3. The molecule has 0 aliphatic rings. The number of carbonyl (C=O) groups is 3. The van der Waals surface area contributed by atoms with Crippen LogP contribution in [-0.2, 0) is 4.79 Å². The van der Waals surface area contributed by atoms with Crippen LogP contribution in [0.25, 0.3) is 0 Å². The van der Waals surface area contributed by atoms with Gasteiger partial charge in [-0.1, -0.05) is 61.8 Å². The average Bonchev–Trinajstić information content (AvgIpc) is 2.75. The van der Waals surface area contributed by atoms with Crippen LogP contribution in [0.3, 0.4) is 0 Å². The Morgan fingerprint density at radius 3 is 2.20 bits per heavy atom. The van der Waals surface area contributed by atoms with E-state index in [9.17, 15) is 14.4 Å². The smallest absolute Gasteiger partial charge is 0.255 e. The molecule has 0 saturated carbocycles. The fourth-order valence-electron chi connectivity index (χ4n) is 2.78. The number of carbonyl (C=O) groups excluding carboxylic acids is 3. The predicted molar refractivity (Wildman–Crippen MR) is 119 cm³/mol. The van der Waals surface area contributed by atoms with Gasteiger partial charge < -0.3 is 10.6 Å². The number of amides is 2. The van der Waals surface area contributed by atoms with E-state index in [1.54, 1.807) is 74.5 Å². The van der Waals surface area contributed by atoms with Crippen molar-refractivity contribution in [2.75, 3.05) is 10.6 Å². The number of hydrogen-bond acceptors (Lipinski definition) is 3. The molecule has 0 aliphatic heterocycles. The molecule has 3 rings (SSSR count). The van der Waals surface area contributed by atoms with Crippen molar-refractivity contribution in [3.8, 4) is 0 Å². The van der Waals surface area contributed by atoms with E-state index in [0.29, 0.717) is 33.1 Å². The normalized spacial score (nSPS) is 10.5. The number of nitrogens with one attached hydrogen (secondary N) is 2. The second kappa shape index (κ2) is 9.37. The molecule has 0 fully saturated rings. The molecule has 0 saturated heterocycles. The van der Waals surface area contributed by atoms with Crippen LogP contribution in [0, 0.1) is 5.92 Å². The zero-order valence-electron chi connectivity index (χ0n) is 16.6. The van der Waals surface area contributed by atoms with Gasteiger partial charge in [-0.3, -0.25) is 14.4 Å². The fraction of sp³-hybridized carbons (Fsp3) is 0.125. The Labute approximate surface area is 180 Å². The standard InChI is InChI=1S/C24H21ClN2O3/c1-15(2)23(29)26-19-10-6-9-17(13-19)24(30)27-21-12-11-18(25)14-20(21)22(28)16-7-4-3-5-8-16/h3-15H,1-2H3,(H,26,29)(H,27,30). The molecule has 2 amide bonds. The van der Waals surface area contributed by atoms with Crippen LogP contribution in [0.15, 0.2) is 72.8 Å². The van der Waals surface area contributed by atoms with Gasteiger partial charge >= 0.3 is 0 Å². The number of halogens is 1. The summed E-state index contributed by atoms with van der Waals surface area (Å²) in [5.41, 5.74) is 2.03. The molecule has 2 N–H and O–H groups in total. The maximum atomic E-state index is 12.9. The number of rotatable bonds is 6. The summed E-state index contributed by atoms with van der Waals surface area (Å²) >= 11 is 6.09. The largest absolute Gasteiger partial charge is 0.326 e. The van der Waals surface area contributed by atoms with Crippen molar-refractivity contribution in [2.45, 2.75) is 13.8 Å². The molecule has 30 heavy (non-hydrogen) atoms. The quantitative estimate of drug-likeness (QED) is 0.523. The first-order valence-electron chi connectivity index (χ1n) is 9.46. The summed E-state index contributed by atoms with van der Waals surface area (Å²) in [6.45, 7) is 3.58. The lowest BCUT2D eigenvalue weighted by Gasteiger charge is -2.12. The van der Waals surface area contributed by atoms with E-state index in [0.717, 1.165) is 0 Å². The maximum Gasteiger partial charge on any atom is 0.255 e. The molecular weight excluding hydrogens is 400 g/mol. The summed E-state index contributed by atoms with van der Waals surface area (Å²) in [6.07, 6.45) is 0. The maximum absolute atomic E-state index is 12.9. The van der Waals surface area contributed by atoms with Crippen molar-refractivity contribution in [3.05, 3.63) is 94.5 Å².